The van der Waals surface area contributed by atoms with Gasteiger partial charge in [-0.1, -0.05) is 0 Å². The van der Waals surface area contributed by atoms with Crippen molar-refractivity contribution in [1.82, 2.24) is 20.3 Å². The Morgan fingerprint density at radius 1 is 1.09 bits per heavy atom. The number of benzene rings is 1. The number of rotatable bonds is 5. The van der Waals surface area contributed by atoms with Crippen LogP contribution in [0, 0.1) is 29.4 Å². The lowest BCUT2D eigenvalue weighted by molar-refractivity contribution is -0.148. The molecule has 3 saturated carbocycles. The van der Waals surface area contributed by atoms with Crippen molar-refractivity contribution in [2.45, 2.75) is 31.7 Å². The Morgan fingerprint density at radius 2 is 1.89 bits per heavy atom. The summed E-state index contributed by atoms with van der Waals surface area (Å²) in [7, 11) is 0. The molecule has 7 rings (SSSR count). The van der Waals surface area contributed by atoms with Gasteiger partial charge in [-0.05, 0) is 43.6 Å². The monoisotopic (exact) mass is 478 g/mol. The average Bonchev–Trinajstić information content (AvgIpc) is 3.29. The molecule has 2 aromatic heterocycles. The van der Waals surface area contributed by atoms with Crippen LogP contribution in [0.1, 0.15) is 31.4 Å². The smallest absolute Gasteiger partial charge is 0.308 e. The van der Waals surface area contributed by atoms with Crippen molar-refractivity contribution in [3.05, 3.63) is 47.9 Å². The van der Waals surface area contributed by atoms with Crippen molar-refractivity contribution in [2.75, 3.05) is 11.9 Å². The van der Waals surface area contributed by atoms with Gasteiger partial charge >= 0.3 is 5.97 Å². The number of fused-ring (bicyclic) bond motifs is 4. The van der Waals surface area contributed by atoms with E-state index in [0.29, 0.717) is 29.0 Å². The first-order chi connectivity index (χ1) is 17.0. The van der Waals surface area contributed by atoms with Gasteiger partial charge in [-0.2, -0.15) is 0 Å². The fourth-order valence-corrected chi connectivity index (χ4v) is 5.86. The maximum Gasteiger partial charge on any atom is 0.308 e. The molecule has 35 heavy (non-hydrogen) atoms. The largest absolute Gasteiger partial charge is 0.481 e. The molecule has 0 radical (unpaired) electrons. The molecule has 3 aliphatic carbocycles. The van der Waals surface area contributed by atoms with E-state index in [0.717, 1.165) is 37.3 Å². The van der Waals surface area contributed by atoms with Gasteiger partial charge in [0.25, 0.3) is 0 Å². The highest BCUT2D eigenvalue weighted by Gasteiger charge is 2.47. The number of aliphatic imine (C=N–C) groups is 1. The number of halogens is 2. The van der Waals surface area contributed by atoms with Crippen LogP contribution in [0.2, 0.25) is 0 Å². The number of nitrogens with one attached hydrogen (secondary N) is 3. The molecule has 0 saturated heterocycles. The highest BCUT2D eigenvalue weighted by atomic mass is 19.1. The van der Waals surface area contributed by atoms with Gasteiger partial charge in [0.2, 0.25) is 0 Å². The zero-order valence-electron chi connectivity index (χ0n) is 18.8. The Bertz CT molecular complexity index is 1380. The maximum atomic E-state index is 14.3. The molecule has 3 aromatic rings. The predicted octanol–water partition coefficient (Wildman–Crippen LogP) is 4.18. The van der Waals surface area contributed by atoms with Crippen molar-refractivity contribution in [3.63, 3.8) is 0 Å². The number of hydrogen-bond acceptors (Lipinski definition) is 6. The minimum absolute atomic E-state index is 0.148. The summed E-state index contributed by atoms with van der Waals surface area (Å²) in [4.78, 5) is 28.6. The first-order valence-corrected chi connectivity index (χ1v) is 11.8. The summed E-state index contributed by atoms with van der Waals surface area (Å²) in [6, 6.07) is 3.62. The van der Waals surface area contributed by atoms with E-state index in [1.54, 1.807) is 24.8 Å². The quantitative estimate of drug-likeness (QED) is 0.437. The second-order valence-electron chi connectivity index (χ2n) is 9.49. The lowest BCUT2D eigenvalue weighted by Gasteiger charge is -2.47. The van der Waals surface area contributed by atoms with E-state index in [1.165, 1.54) is 6.07 Å². The number of aliphatic carboxylic acids is 1. The van der Waals surface area contributed by atoms with E-state index in [9.17, 15) is 18.7 Å². The number of aromatic amines is 1. The Hall–Kier alpha value is -3.82. The van der Waals surface area contributed by atoms with Gasteiger partial charge in [-0.25, -0.2) is 18.7 Å². The van der Waals surface area contributed by atoms with E-state index in [2.05, 4.69) is 30.6 Å². The fraction of sp³-hybridized carbons (Fsp3) is 0.360. The van der Waals surface area contributed by atoms with Crippen molar-refractivity contribution < 1.29 is 18.7 Å². The molecule has 2 unspecified atom stereocenters. The molecule has 2 atom stereocenters. The molecule has 10 heteroatoms. The van der Waals surface area contributed by atoms with Crippen molar-refractivity contribution in [1.29, 1.82) is 0 Å². The third kappa shape index (κ3) is 3.82. The van der Waals surface area contributed by atoms with Crippen LogP contribution >= 0.6 is 0 Å². The van der Waals surface area contributed by atoms with Gasteiger partial charge in [0.15, 0.2) is 5.82 Å². The van der Waals surface area contributed by atoms with E-state index < -0.39 is 23.5 Å². The molecule has 4 aliphatic rings. The van der Waals surface area contributed by atoms with Crippen LogP contribution in [0.5, 0.6) is 0 Å². The van der Waals surface area contributed by atoms with Crippen molar-refractivity contribution in [3.8, 4) is 11.4 Å². The molecule has 8 nitrogen and oxygen atoms in total. The van der Waals surface area contributed by atoms with Crippen LogP contribution in [0.4, 0.5) is 14.6 Å². The molecule has 2 bridgehead atoms. The van der Waals surface area contributed by atoms with Gasteiger partial charge < -0.3 is 20.7 Å². The number of aromatic nitrogens is 3. The number of H-pyrrole nitrogens is 1. The highest BCUT2D eigenvalue weighted by Crippen LogP contribution is 2.46. The molecule has 4 N–H and O–H groups in total. The van der Waals surface area contributed by atoms with Crippen LogP contribution < -0.4 is 10.6 Å². The van der Waals surface area contributed by atoms with Crippen LogP contribution in [0.15, 0.2) is 35.6 Å². The second-order valence-corrected chi connectivity index (χ2v) is 9.49. The number of carboxylic acids is 1. The van der Waals surface area contributed by atoms with Gasteiger partial charge in [-0.15, -0.1) is 0 Å². The molecule has 3 fully saturated rings. The number of carbonyl (C=O) groups is 1. The molecule has 0 spiro atoms. The summed E-state index contributed by atoms with van der Waals surface area (Å²) in [5.74, 6) is -1.50. The Labute approximate surface area is 199 Å². The van der Waals surface area contributed by atoms with Crippen molar-refractivity contribution >= 4 is 34.6 Å². The summed E-state index contributed by atoms with van der Waals surface area (Å²) in [5.41, 5.74) is 2.04. The third-order valence-corrected chi connectivity index (χ3v) is 7.51. The standard InChI is InChI=1S/C25H24F2N6O2/c26-15-5-16-17(10-30-23(16)18(27)6-15)24-31-19(14-8-28-11-29-9-14)7-20(33-24)32-22-13-3-1-12(2-4-13)21(22)25(34)35/h5-8,10-13,21-22,30H,1-4,9H2,(H,28,29)(H,34,35)(H,31,32,33). The molecule has 0 amide bonds. The van der Waals surface area contributed by atoms with Crippen molar-refractivity contribution in [2.24, 2.45) is 22.7 Å². The van der Waals surface area contributed by atoms with Crippen LogP contribution in [0.25, 0.3) is 27.9 Å². The molecular formula is C25H24F2N6O2. The molecule has 1 aromatic carbocycles. The van der Waals surface area contributed by atoms with E-state index in [4.69, 9.17) is 0 Å². The van der Waals surface area contributed by atoms with Crippen LogP contribution in [-0.4, -0.2) is 45.0 Å². The number of anilines is 1. The molecule has 3 heterocycles. The topological polar surface area (TPSA) is 115 Å². The highest BCUT2D eigenvalue weighted by molar-refractivity contribution is 5.94. The van der Waals surface area contributed by atoms with Gasteiger partial charge in [0, 0.05) is 47.1 Å². The molecular weight excluding hydrogens is 454 g/mol. The summed E-state index contributed by atoms with van der Waals surface area (Å²) < 4.78 is 28.4. The SMILES string of the molecule is O=C(O)C1C2CCC(CC2)C1Nc1cc(C2=CNC=NC2)nc(-c2c[nH]c3c(F)cc(F)cc23)n1. The summed E-state index contributed by atoms with van der Waals surface area (Å²) in [6.45, 7) is 0.409. The first-order valence-electron chi connectivity index (χ1n) is 11.8. The minimum atomic E-state index is -0.789. The first kappa shape index (κ1) is 21.7. The number of nitrogens with zero attached hydrogens (tertiary/aromatic N) is 3. The van der Waals surface area contributed by atoms with E-state index >= 15 is 0 Å². The van der Waals surface area contributed by atoms with Gasteiger partial charge in [0.05, 0.1) is 30.0 Å². The number of hydrogen-bond donors (Lipinski definition) is 4. The zero-order valence-corrected chi connectivity index (χ0v) is 18.8. The minimum Gasteiger partial charge on any atom is -0.481 e. The summed E-state index contributed by atoms with van der Waals surface area (Å²) >= 11 is 0. The van der Waals surface area contributed by atoms with Crippen LogP contribution in [0.3, 0.4) is 0 Å². The Kier molecular flexibility index (Phi) is 5.23. The molecule has 180 valence electrons. The third-order valence-electron chi connectivity index (χ3n) is 7.51. The lowest BCUT2D eigenvalue weighted by Crippen LogP contribution is -2.51. The predicted molar refractivity (Wildman–Crippen MR) is 128 cm³/mol. The van der Waals surface area contributed by atoms with E-state index in [-0.39, 0.29) is 29.2 Å². The normalized spacial score (nSPS) is 25.4. The molecule has 1 aliphatic heterocycles. The second kappa shape index (κ2) is 8.44. The Balaban J connectivity index is 1.45. The van der Waals surface area contributed by atoms with Crippen LogP contribution in [-0.2, 0) is 4.79 Å². The van der Waals surface area contributed by atoms with Gasteiger partial charge in [-0.3, -0.25) is 9.79 Å². The summed E-state index contributed by atoms with van der Waals surface area (Å²) in [6.07, 6.45) is 8.78. The maximum absolute atomic E-state index is 14.3. The lowest BCUT2D eigenvalue weighted by atomic mass is 9.61. The fourth-order valence-electron chi connectivity index (χ4n) is 5.86. The number of carboxylic acid groups (broad SMARTS) is 1. The van der Waals surface area contributed by atoms with Gasteiger partial charge in [0.1, 0.15) is 17.5 Å². The van der Waals surface area contributed by atoms with E-state index in [1.807, 2.05) is 0 Å². The average molecular weight is 479 g/mol. The Morgan fingerprint density at radius 3 is 2.63 bits per heavy atom. The summed E-state index contributed by atoms with van der Waals surface area (Å²) in [5, 5.41) is 16.7. The zero-order chi connectivity index (χ0) is 24.1.